The molecule has 0 saturated carbocycles. The average Bonchev–Trinajstić information content (AvgIpc) is 2.76. The molecule has 0 atom stereocenters. The third-order valence-electron chi connectivity index (χ3n) is 4.30. The first kappa shape index (κ1) is 22.3. The molecule has 3 rings (SSSR count). The van der Waals surface area contributed by atoms with Crippen LogP contribution in [-0.2, 0) is 14.8 Å². The van der Waals surface area contributed by atoms with E-state index in [4.69, 9.17) is 9.47 Å². The first-order chi connectivity index (χ1) is 14.9. The normalized spacial score (nSPS) is 11.0. The standard InChI is InChI=1S/C22H23N3O5S/c1-16-5-3-4-6-20(16)31(27,28)25-18-8-10-19(11-9-18)30-21-12-7-17(15-24-21)22(26)23-13-14-29-2/h3-12,15,25H,13-14H2,1-2H3,(H,23,26). The van der Waals surface area contributed by atoms with Gasteiger partial charge in [0.2, 0.25) is 5.88 Å². The van der Waals surface area contributed by atoms with Gasteiger partial charge in [0.15, 0.2) is 0 Å². The third-order valence-corrected chi connectivity index (χ3v) is 5.84. The molecule has 0 aliphatic heterocycles. The predicted molar refractivity (Wildman–Crippen MR) is 117 cm³/mol. The van der Waals surface area contributed by atoms with Crippen molar-refractivity contribution >= 4 is 21.6 Å². The number of sulfonamides is 1. The van der Waals surface area contributed by atoms with Gasteiger partial charge in [0.25, 0.3) is 15.9 Å². The van der Waals surface area contributed by atoms with Crippen LogP contribution in [0.15, 0.2) is 71.8 Å². The van der Waals surface area contributed by atoms with Gasteiger partial charge < -0.3 is 14.8 Å². The summed E-state index contributed by atoms with van der Waals surface area (Å²) in [6.07, 6.45) is 1.42. The second-order valence-corrected chi connectivity index (χ2v) is 8.28. The molecule has 0 aliphatic rings. The lowest BCUT2D eigenvalue weighted by Crippen LogP contribution is -2.26. The highest BCUT2D eigenvalue weighted by Gasteiger charge is 2.16. The van der Waals surface area contributed by atoms with Crippen molar-refractivity contribution in [1.29, 1.82) is 0 Å². The highest BCUT2D eigenvalue weighted by molar-refractivity contribution is 7.92. The average molecular weight is 442 g/mol. The Kier molecular flexibility index (Phi) is 7.22. The van der Waals surface area contributed by atoms with Gasteiger partial charge in [0, 0.05) is 31.6 Å². The van der Waals surface area contributed by atoms with Gasteiger partial charge in [-0.3, -0.25) is 9.52 Å². The fraction of sp³-hybridized carbons (Fsp3) is 0.182. The number of rotatable bonds is 9. The van der Waals surface area contributed by atoms with Gasteiger partial charge in [-0.1, -0.05) is 18.2 Å². The summed E-state index contributed by atoms with van der Waals surface area (Å²) in [5.41, 5.74) is 1.48. The lowest BCUT2D eigenvalue weighted by atomic mass is 10.2. The van der Waals surface area contributed by atoms with E-state index in [0.29, 0.717) is 41.6 Å². The minimum absolute atomic E-state index is 0.228. The molecule has 0 fully saturated rings. The molecular weight excluding hydrogens is 418 g/mol. The van der Waals surface area contributed by atoms with Crippen molar-refractivity contribution in [3.63, 3.8) is 0 Å². The monoisotopic (exact) mass is 441 g/mol. The van der Waals surface area contributed by atoms with Crippen LogP contribution in [0.1, 0.15) is 15.9 Å². The summed E-state index contributed by atoms with van der Waals surface area (Å²) in [6.45, 7) is 2.58. The van der Waals surface area contributed by atoms with E-state index in [9.17, 15) is 13.2 Å². The Morgan fingerprint density at radius 1 is 1.03 bits per heavy atom. The molecule has 0 saturated heterocycles. The third kappa shape index (κ3) is 6.03. The first-order valence-electron chi connectivity index (χ1n) is 9.48. The lowest BCUT2D eigenvalue weighted by molar-refractivity contribution is 0.0936. The summed E-state index contributed by atoms with van der Waals surface area (Å²) in [6, 6.07) is 16.4. The Labute approximate surface area is 181 Å². The number of amides is 1. The summed E-state index contributed by atoms with van der Waals surface area (Å²) in [5, 5.41) is 2.71. The first-order valence-corrected chi connectivity index (χ1v) is 11.0. The second kappa shape index (κ2) is 10.1. The maximum atomic E-state index is 12.6. The Morgan fingerprint density at radius 2 is 1.77 bits per heavy atom. The number of pyridine rings is 1. The van der Waals surface area contributed by atoms with E-state index in [1.807, 2.05) is 0 Å². The summed E-state index contributed by atoms with van der Waals surface area (Å²) in [4.78, 5) is 16.3. The minimum Gasteiger partial charge on any atom is -0.439 e. The van der Waals surface area contributed by atoms with E-state index in [-0.39, 0.29) is 10.8 Å². The van der Waals surface area contributed by atoms with Gasteiger partial charge in [-0.05, 0) is 48.9 Å². The molecular formula is C22H23N3O5S. The van der Waals surface area contributed by atoms with E-state index in [2.05, 4.69) is 15.0 Å². The summed E-state index contributed by atoms with van der Waals surface area (Å²) in [5.74, 6) is 0.534. The van der Waals surface area contributed by atoms with Crippen molar-refractivity contribution in [1.82, 2.24) is 10.3 Å². The van der Waals surface area contributed by atoms with Gasteiger partial charge in [-0.25, -0.2) is 13.4 Å². The zero-order valence-corrected chi connectivity index (χ0v) is 18.0. The van der Waals surface area contributed by atoms with Gasteiger partial charge in [-0.2, -0.15) is 0 Å². The molecule has 2 aromatic carbocycles. The van der Waals surface area contributed by atoms with Crippen LogP contribution in [-0.4, -0.2) is 39.6 Å². The number of aromatic nitrogens is 1. The number of carbonyl (C=O) groups excluding carboxylic acids is 1. The molecule has 1 amide bonds. The number of carbonyl (C=O) groups is 1. The van der Waals surface area contributed by atoms with Crippen LogP contribution in [0, 0.1) is 6.92 Å². The van der Waals surface area contributed by atoms with Crippen LogP contribution < -0.4 is 14.8 Å². The van der Waals surface area contributed by atoms with Crippen molar-refractivity contribution < 1.29 is 22.7 Å². The molecule has 8 nitrogen and oxygen atoms in total. The largest absolute Gasteiger partial charge is 0.439 e. The minimum atomic E-state index is -3.69. The molecule has 0 aliphatic carbocycles. The number of hydrogen-bond acceptors (Lipinski definition) is 6. The fourth-order valence-electron chi connectivity index (χ4n) is 2.72. The van der Waals surface area contributed by atoms with Crippen molar-refractivity contribution in [3.05, 3.63) is 78.0 Å². The van der Waals surface area contributed by atoms with Gasteiger partial charge >= 0.3 is 0 Å². The molecule has 0 unspecified atom stereocenters. The Hall–Kier alpha value is -3.43. The number of aryl methyl sites for hydroxylation is 1. The molecule has 1 heterocycles. The molecule has 0 bridgehead atoms. The van der Waals surface area contributed by atoms with Crippen molar-refractivity contribution in [2.24, 2.45) is 0 Å². The quantitative estimate of drug-likeness (QED) is 0.493. The van der Waals surface area contributed by atoms with Crippen molar-refractivity contribution in [2.45, 2.75) is 11.8 Å². The molecule has 1 aromatic heterocycles. The smallest absolute Gasteiger partial charge is 0.262 e. The maximum absolute atomic E-state index is 12.6. The van der Waals surface area contributed by atoms with Gasteiger partial charge in [-0.15, -0.1) is 0 Å². The van der Waals surface area contributed by atoms with Gasteiger partial charge in [0.1, 0.15) is 5.75 Å². The molecule has 31 heavy (non-hydrogen) atoms. The molecule has 2 N–H and O–H groups in total. The topological polar surface area (TPSA) is 107 Å². The summed E-state index contributed by atoms with van der Waals surface area (Å²) >= 11 is 0. The maximum Gasteiger partial charge on any atom is 0.262 e. The number of nitrogens with zero attached hydrogens (tertiary/aromatic N) is 1. The molecule has 162 valence electrons. The van der Waals surface area contributed by atoms with Crippen LogP contribution in [0.4, 0.5) is 5.69 Å². The van der Waals surface area contributed by atoms with E-state index >= 15 is 0 Å². The van der Waals surface area contributed by atoms with E-state index < -0.39 is 10.0 Å². The predicted octanol–water partition coefficient (Wildman–Crippen LogP) is 3.36. The Morgan fingerprint density at radius 3 is 2.42 bits per heavy atom. The van der Waals surface area contributed by atoms with E-state index in [0.717, 1.165) is 0 Å². The number of nitrogens with one attached hydrogen (secondary N) is 2. The van der Waals surface area contributed by atoms with E-state index in [1.54, 1.807) is 74.7 Å². The molecule has 9 heteroatoms. The number of anilines is 1. The van der Waals surface area contributed by atoms with Crippen molar-refractivity contribution in [2.75, 3.05) is 25.0 Å². The van der Waals surface area contributed by atoms with Gasteiger partial charge in [0.05, 0.1) is 17.1 Å². The Bertz CT molecular complexity index is 1130. The van der Waals surface area contributed by atoms with Crippen molar-refractivity contribution in [3.8, 4) is 11.6 Å². The number of methoxy groups -OCH3 is 1. The molecule has 0 spiro atoms. The number of benzene rings is 2. The molecule has 3 aromatic rings. The highest BCUT2D eigenvalue weighted by atomic mass is 32.2. The van der Waals surface area contributed by atoms with Crippen LogP contribution in [0.5, 0.6) is 11.6 Å². The molecule has 0 radical (unpaired) electrons. The zero-order chi connectivity index (χ0) is 22.3. The lowest BCUT2D eigenvalue weighted by Gasteiger charge is -2.11. The van der Waals surface area contributed by atoms with Crippen LogP contribution in [0.2, 0.25) is 0 Å². The number of hydrogen-bond donors (Lipinski definition) is 2. The summed E-state index contributed by atoms with van der Waals surface area (Å²) in [7, 11) is -2.13. The van der Waals surface area contributed by atoms with E-state index in [1.165, 1.54) is 6.20 Å². The van der Waals surface area contributed by atoms with Crippen LogP contribution >= 0.6 is 0 Å². The zero-order valence-electron chi connectivity index (χ0n) is 17.2. The number of ether oxygens (including phenoxy) is 2. The Balaban J connectivity index is 1.62. The SMILES string of the molecule is COCCNC(=O)c1ccc(Oc2ccc(NS(=O)(=O)c3ccccc3C)cc2)nc1. The fourth-order valence-corrected chi connectivity index (χ4v) is 4.03. The highest BCUT2D eigenvalue weighted by Crippen LogP contribution is 2.24. The second-order valence-electron chi connectivity index (χ2n) is 6.63. The summed E-state index contributed by atoms with van der Waals surface area (Å²) < 4.78 is 38.3. The van der Waals surface area contributed by atoms with Crippen LogP contribution in [0.3, 0.4) is 0 Å². The van der Waals surface area contributed by atoms with Crippen LogP contribution in [0.25, 0.3) is 0 Å².